The summed E-state index contributed by atoms with van der Waals surface area (Å²) in [6.45, 7) is 2.77. The lowest BCUT2D eigenvalue weighted by molar-refractivity contribution is -0.127. The van der Waals surface area contributed by atoms with Crippen LogP contribution in [0.1, 0.15) is 17.4 Å². The highest BCUT2D eigenvalue weighted by Crippen LogP contribution is 2.07. The third-order valence-electron chi connectivity index (χ3n) is 2.56. The van der Waals surface area contributed by atoms with Crippen molar-refractivity contribution in [3.8, 4) is 0 Å². The summed E-state index contributed by atoms with van der Waals surface area (Å²) in [6, 6.07) is 3.32. The van der Waals surface area contributed by atoms with E-state index in [9.17, 15) is 9.59 Å². The standard InChI is InChI=1S/C12H18N4O2/c1-4-16(3)11(17)8-15-9-5-6-14-10(7-9)12(18)13-2/h5-7H,4,8H2,1-3H3,(H,13,18)(H,14,15). The van der Waals surface area contributed by atoms with Gasteiger partial charge in [-0.1, -0.05) is 0 Å². The first kappa shape index (κ1) is 14.0. The average molecular weight is 250 g/mol. The zero-order valence-corrected chi connectivity index (χ0v) is 10.9. The van der Waals surface area contributed by atoms with Crippen LogP contribution in [0.4, 0.5) is 5.69 Å². The molecule has 18 heavy (non-hydrogen) atoms. The molecule has 6 heteroatoms. The molecule has 0 bridgehead atoms. The minimum atomic E-state index is -0.254. The normalized spacial score (nSPS) is 9.72. The first-order chi connectivity index (χ1) is 8.58. The number of hydrogen-bond donors (Lipinski definition) is 2. The van der Waals surface area contributed by atoms with E-state index in [0.29, 0.717) is 17.9 Å². The van der Waals surface area contributed by atoms with Crippen LogP contribution in [0.15, 0.2) is 18.3 Å². The fraction of sp³-hybridized carbons (Fsp3) is 0.417. The Morgan fingerprint density at radius 3 is 2.78 bits per heavy atom. The van der Waals surface area contributed by atoms with E-state index in [4.69, 9.17) is 0 Å². The minimum Gasteiger partial charge on any atom is -0.376 e. The van der Waals surface area contributed by atoms with Gasteiger partial charge in [0.1, 0.15) is 5.69 Å². The molecule has 0 atom stereocenters. The lowest BCUT2D eigenvalue weighted by atomic mass is 10.3. The molecule has 6 nitrogen and oxygen atoms in total. The van der Waals surface area contributed by atoms with E-state index in [-0.39, 0.29) is 18.4 Å². The van der Waals surface area contributed by atoms with Crippen LogP contribution >= 0.6 is 0 Å². The smallest absolute Gasteiger partial charge is 0.269 e. The molecule has 0 saturated heterocycles. The Morgan fingerprint density at radius 1 is 1.44 bits per heavy atom. The van der Waals surface area contributed by atoms with Gasteiger partial charge in [0.05, 0.1) is 6.54 Å². The molecule has 0 fully saturated rings. The molecule has 1 aromatic rings. The van der Waals surface area contributed by atoms with Crippen molar-refractivity contribution in [1.29, 1.82) is 0 Å². The van der Waals surface area contributed by atoms with Crippen LogP contribution in [-0.2, 0) is 4.79 Å². The molecular weight excluding hydrogens is 232 g/mol. The predicted octanol–water partition coefficient (Wildman–Crippen LogP) is 0.331. The number of anilines is 1. The number of amides is 2. The first-order valence-corrected chi connectivity index (χ1v) is 5.74. The molecule has 0 aliphatic heterocycles. The third-order valence-corrected chi connectivity index (χ3v) is 2.56. The van der Waals surface area contributed by atoms with E-state index < -0.39 is 0 Å². The van der Waals surface area contributed by atoms with Gasteiger partial charge in [0.2, 0.25) is 5.91 Å². The second-order valence-corrected chi connectivity index (χ2v) is 3.77. The maximum absolute atomic E-state index is 11.6. The van der Waals surface area contributed by atoms with Crippen molar-refractivity contribution in [2.24, 2.45) is 0 Å². The quantitative estimate of drug-likeness (QED) is 0.790. The molecule has 2 amide bonds. The molecule has 0 spiro atoms. The number of rotatable bonds is 5. The summed E-state index contributed by atoms with van der Waals surface area (Å²) in [6.07, 6.45) is 1.53. The SMILES string of the molecule is CCN(C)C(=O)CNc1ccnc(C(=O)NC)c1. The van der Waals surface area contributed by atoms with E-state index in [0.717, 1.165) is 0 Å². The number of hydrogen-bond acceptors (Lipinski definition) is 4. The van der Waals surface area contributed by atoms with Crippen LogP contribution in [0.5, 0.6) is 0 Å². The lowest BCUT2D eigenvalue weighted by Gasteiger charge is -2.15. The Labute approximate surface area is 106 Å². The topological polar surface area (TPSA) is 74.3 Å². The molecule has 0 radical (unpaired) electrons. The third kappa shape index (κ3) is 3.73. The first-order valence-electron chi connectivity index (χ1n) is 5.74. The van der Waals surface area contributed by atoms with Gasteiger partial charge in [-0.25, -0.2) is 0 Å². The number of likely N-dealkylation sites (N-methyl/N-ethyl adjacent to an activating group) is 1. The Hall–Kier alpha value is -2.11. The molecule has 0 aliphatic rings. The zero-order chi connectivity index (χ0) is 13.5. The van der Waals surface area contributed by atoms with Crippen molar-refractivity contribution in [1.82, 2.24) is 15.2 Å². The van der Waals surface area contributed by atoms with Crippen molar-refractivity contribution < 1.29 is 9.59 Å². The Balaban J connectivity index is 2.63. The fourth-order valence-electron chi connectivity index (χ4n) is 1.28. The highest BCUT2D eigenvalue weighted by Gasteiger charge is 2.08. The largest absolute Gasteiger partial charge is 0.376 e. The van der Waals surface area contributed by atoms with E-state index in [1.807, 2.05) is 6.92 Å². The van der Waals surface area contributed by atoms with E-state index in [1.54, 1.807) is 31.1 Å². The van der Waals surface area contributed by atoms with Gasteiger partial charge < -0.3 is 15.5 Å². The summed E-state index contributed by atoms with van der Waals surface area (Å²) >= 11 is 0. The molecular formula is C12H18N4O2. The number of carbonyl (C=O) groups excluding carboxylic acids is 2. The minimum absolute atomic E-state index is 0.00388. The van der Waals surface area contributed by atoms with Gasteiger partial charge in [-0.15, -0.1) is 0 Å². The number of nitrogens with zero attached hydrogens (tertiary/aromatic N) is 2. The number of aromatic nitrogens is 1. The predicted molar refractivity (Wildman–Crippen MR) is 69.4 cm³/mol. The van der Waals surface area contributed by atoms with Crippen LogP contribution in [0, 0.1) is 0 Å². The van der Waals surface area contributed by atoms with Crippen molar-refractivity contribution in [3.63, 3.8) is 0 Å². The summed E-state index contributed by atoms with van der Waals surface area (Å²) < 4.78 is 0. The molecule has 0 saturated carbocycles. The van der Waals surface area contributed by atoms with Crippen molar-refractivity contribution >= 4 is 17.5 Å². The van der Waals surface area contributed by atoms with Gasteiger partial charge in [-0.05, 0) is 19.1 Å². The van der Waals surface area contributed by atoms with E-state index in [1.165, 1.54) is 6.20 Å². The van der Waals surface area contributed by atoms with Crippen LogP contribution in [0.25, 0.3) is 0 Å². The second-order valence-electron chi connectivity index (χ2n) is 3.77. The summed E-state index contributed by atoms with van der Waals surface area (Å²) in [7, 11) is 3.29. The van der Waals surface area contributed by atoms with Gasteiger partial charge in [0.15, 0.2) is 0 Å². The van der Waals surface area contributed by atoms with Crippen LogP contribution < -0.4 is 10.6 Å². The average Bonchev–Trinajstić information content (AvgIpc) is 2.43. The van der Waals surface area contributed by atoms with Crippen molar-refractivity contribution in [3.05, 3.63) is 24.0 Å². The maximum atomic E-state index is 11.6. The number of nitrogens with one attached hydrogen (secondary N) is 2. The van der Waals surface area contributed by atoms with Gasteiger partial charge in [-0.2, -0.15) is 0 Å². The van der Waals surface area contributed by atoms with Crippen molar-refractivity contribution in [2.75, 3.05) is 32.5 Å². The maximum Gasteiger partial charge on any atom is 0.269 e. The van der Waals surface area contributed by atoms with Gasteiger partial charge in [0, 0.05) is 32.5 Å². The highest BCUT2D eigenvalue weighted by atomic mass is 16.2. The van der Waals surface area contributed by atoms with Gasteiger partial charge in [0.25, 0.3) is 5.91 Å². The zero-order valence-electron chi connectivity index (χ0n) is 10.9. The summed E-state index contributed by atoms with van der Waals surface area (Å²) in [5.41, 5.74) is 1.01. The summed E-state index contributed by atoms with van der Waals surface area (Å²) in [5.74, 6) is -0.258. The van der Waals surface area contributed by atoms with E-state index >= 15 is 0 Å². The Bertz CT molecular complexity index is 434. The van der Waals surface area contributed by atoms with Crippen molar-refractivity contribution in [2.45, 2.75) is 6.92 Å². The molecule has 1 rings (SSSR count). The number of carbonyl (C=O) groups is 2. The van der Waals surface area contributed by atoms with Crippen LogP contribution in [-0.4, -0.2) is 48.9 Å². The monoisotopic (exact) mass is 250 g/mol. The lowest BCUT2D eigenvalue weighted by Crippen LogP contribution is -2.31. The molecule has 2 N–H and O–H groups in total. The van der Waals surface area contributed by atoms with Gasteiger partial charge in [-0.3, -0.25) is 14.6 Å². The molecule has 1 heterocycles. The van der Waals surface area contributed by atoms with Crippen LogP contribution in [0.3, 0.4) is 0 Å². The molecule has 98 valence electrons. The second kappa shape index (κ2) is 6.58. The Morgan fingerprint density at radius 2 is 2.17 bits per heavy atom. The fourth-order valence-corrected chi connectivity index (χ4v) is 1.28. The number of pyridine rings is 1. The highest BCUT2D eigenvalue weighted by molar-refractivity contribution is 5.93. The molecule has 0 aliphatic carbocycles. The molecule has 1 aromatic heterocycles. The molecule has 0 aromatic carbocycles. The van der Waals surface area contributed by atoms with E-state index in [2.05, 4.69) is 15.6 Å². The summed E-state index contributed by atoms with van der Waals surface area (Å²) in [5, 5.41) is 5.46. The Kier molecular flexibility index (Phi) is 5.10. The van der Waals surface area contributed by atoms with Gasteiger partial charge >= 0.3 is 0 Å². The summed E-state index contributed by atoms with van der Waals surface area (Å²) in [4.78, 5) is 28.5. The molecule has 0 unspecified atom stereocenters. The van der Waals surface area contributed by atoms with Crippen LogP contribution in [0.2, 0.25) is 0 Å².